The Morgan fingerprint density at radius 2 is 2.10 bits per heavy atom. The molecule has 1 fully saturated rings. The first-order valence-electron chi connectivity index (χ1n) is 10.5. The third-order valence-electron chi connectivity index (χ3n) is 6.83. The molecule has 3 atom stereocenters. The molecular weight excluding hydrogens is 420 g/mol. The van der Waals surface area contributed by atoms with Gasteiger partial charge < -0.3 is 14.9 Å². The van der Waals surface area contributed by atoms with Gasteiger partial charge in [0, 0.05) is 11.3 Å². The van der Waals surface area contributed by atoms with E-state index in [0.717, 1.165) is 22.4 Å². The van der Waals surface area contributed by atoms with Gasteiger partial charge in [-0.25, -0.2) is 0 Å². The van der Waals surface area contributed by atoms with Crippen molar-refractivity contribution < 1.29 is 19.7 Å². The Balaban J connectivity index is 1.43. The largest absolute Gasteiger partial charge is 0.489 e. The molecule has 0 unspecified atom stereocenters. The molecule has 0 bridgehead atoms. The summed E-state index contributed by atoms with van der Waals surface area (Å²) in [5.74, 6) is 2.08. The summed E-state index contributed by atoms with van der Waals surface area (Å²) in [6, 6.07) is 3.80. The van der Waals surface area contributed by atoms with Crippen LogP contribution in [0.15, 0.2) is 12.1 Å². The summed E-state index contributed by atoms with van der Waals surface area (Å²) in [6.07, 6.45) is 1.20. The Morgan fingerprint density at radius 1 is 1.37 bits per heavy atom. The molecule has 0 radical (unpaired) electrons. The highest BCUT2D eigenvalue weighted by Crippen LogP contribution is 2.71. The zero-order valence-electron chi connectivity index (χ0n) is 17.9. The van der Waals surface area contributed by atoms with Crippen LogP contribution in [0.25, 0.3) is 0 Å². The van der Waals surface area contributed by atoms with E-state index in [1.165, 1.54) is 16.0 Å². The molecule has 6 heteroatoms. The van der Waals surface area contributed by atoms with Crippen molar-refractivity contribution in [2.24, 2.45) is 11.3 Å². The summed E-state index contributed by atoms with van der Waals surface area (Å²) in [5.41, 5.74) is 5.02. The summed E-state index contributed by atoms with van der Waals surface area (Å²) in [5, 5.41) is 18.8. The number of halogens is 1. The van der Waals surface area contributed by atoms with Crippen LogP contribution >= 0.6 is 22.9 Å². The van der Waals surface area contributed by atoms with Crippen LogP contribution in [0.5, 0.6) is 5.75 Å². The molecule has 2 aromatic rings. The minimum Gasteiger partial charge on any atom is -0.489 e. The predicted molar refractivity (Wildman–Crippen MR) is 120 cm³/mol. The summed E-state index contributed by atoms with van der Waals surface area (Å²) in [7, 11) is 0. The Morgan fingerprint density at radius 3 is 2.77 bits per heavy atom. The Bertz CT molecular complexity index is 970. The molecule has 0 spiro atoms. The first-order valence-corrected chi connectivity index (χ1v) is 11.7. The average molecular weight is 449 g/mol. The monoisotopic (exact) mass is 448 g/mol. The van der Waals surface area contributed by atoms with E-state index in [2.05, 4.69) is 20.8 Å². The molecule has 30 heavy (non-hydrogen) atoms. The number of fused-ring (bicyclic) bond motifs is 3. The van der Waals surface area contributed by atoms with E-state index < -0.39 is 6.10 Å². The Hall–Kier alpha value is -1.40. The van der Waals surface area contributed by atoms with Crippen molar-refractivity contribution in [3.05, 3.63) is 49.2 Å². The highest BCUT2D eigenvalue weighted by atomic mass is 35.5. The standard InChI is InChI=1S/C24H29ClO4S/c1-12-7-14(8-18(25)22(12)29-11-15(27)10-26)5-6-19(28)23-16-9-17-21(24(17,3)4)20(16)13(2)30-23/h7-8,15,17,21,26-27H,5-6,9-11H2,1-4H3/t15-,17-,21-/m1/s1. The van der Waals surface area contributed by atoms with E-state index in [1.807, 2.05) is 19.1 Å². The third kappa shape index (κ3) is 3.70. The van der Waals surface area contributed by atoms with Crippen LogP contribution in [0.4, 0.5) is 0 Å². The van der Waals surface area contributed by atoms with Gasteiger partial charge in [0.15, 0.2) is 5.78 Å². The summed E-state index contributed by atoms with van der Waals surface area (Å²) in [6.45, 7) is 8.36. The number of hydrogen-bond acceptors (Lipinski definition) is 5. The van der Waals surface area contributed by atoms with E-state index in [1.54, 1.807) is 11.3 Å². The number of carbonyl (C=O) groups excluding carboxylic acids is 1. The molecule has 0 aliphatic heterocycles. The second kappa shape index (κ2) is 7.94. The number of rotatable bonds is 8. The molecule has 2 aliphatic rings. The molecular formula is C24H29ClO4S. The maximum Gasteiger partial charge on any atom is 0.173 e. The van der Waals surface area contributed by atoms with Gasteiger partial charge >= 0.3 is 0 Å². The van der Waals surface area contributed by atoms with Crippen LogP contribution in [0.2, 0.25) is 5.02 Å². The highest BCUT2D eigenvalue weighted by molar-refractivity contribution is 7.14. The number of thiophene rings is 1. The van der Waals surface area contributed by atoms with Crippen LogP contribution in [0, 0.1) is 25.2 Å². The van der Waals surface area contributed by atoms with Crippen LogP contribution in [-0.2, 0) is 12.8 Å². The first kappa shape index (κ1) is 21.8. The molecule has 1 aromatic heterocycles. The molecule has 2 N–H and O–H groups in total. The van der Waals surface area contributed by atoms with Gasteiger partial charge in [-0.1, -0.05) is 31.5 Å². The minimum absolute atomic E-state index is 0.0173. The number of ether oxygens (including phenoxy) is 1. The Kier molecular flexibility index (Phi) is 5.77. The maximum atomic E-state index is 13.0. The van der Waals surface area contributed by atoms with Gasteiger partial charge in [0.1, 0.15) is 18.5 Å². The van der Waals surface area contributed by atoms with Crippen LogP contribution in [-0.4, -0.2) is 35.3 Å². The van der Waals surface area contributed by atoms with Gasteiger partial charge in [0.2, 0.25) is 0 Å². The van der Waals surface area contributed by atoms with Crippen LogP contribution < -0.4 is 4.74 Å². The van der Waals surface area contributed by atoms with E-state index in [4.69, 9.17) is 21.4 Å². The first-order chi connectivity index (χ1) is 14.1. The van der Waals surface area contributed by atoms with Crippen molar-refractivity contribution >= 4 is 28.7 Å². The number of carbonyl (C=O) groups is 1. The second-order valence-electron chi connectivity index (χ2n) is 9.28. The van der Waals surface area contributed by atoms with Gasteiger partial charge in [0.05, 0.1) is 16.5 Å². The maximum absolute atomic E-state index is 13.0. The predicted octanol–water partition coefficient (Wildman–Crippen LogP) is 4.86. The second-order valence-corrected chi connectivity index (χ2v) is 10.9. The fourth-order valence-corrected chi connectivity index (χ4v) is 6.63. The van der Waals surface area contributed by atoms with Crippen molar-refractivity contribution in [3.63, 3.8) is 0 Å². The van der Waals surface area contributed by atoms with E-state index in [0.29, 0.717) is 40.9 Å². The van der Waals surface area contributed by atoms with Crippen molar-refractivity contribution in [1.29, 1.82) is 0 Å². The van der Waals surface area contributed by atoms with Crippen molar-refractivity contribution in [2.75, 3.05) is 13.2 Å². The van der Waals surface area contributed by atoms with Crippen LogP contribution in [0.1, 0.15) is 63.0 Å². The lowest BCUT2D eigenvalue weighted by Crippen LogP contribution is -2.21. The lowest BCUT2D eigenvalue weighted by atomic mass is 9.94. The van der Waals surface area contributed by atoms with E-state index in [-0.39, 0.29) is 19.0 Å². The zero-order valence-corrected chi connectivity index (χ0v) is 19.5. The smallest absolute Gasteiger partial charge is 0.173 e. The average Bonchev–Trinajstić information content (AvgIpc) is 3.02. The lowest BCUT2D eigenvalue weighted by Gasteiger charge is -2.15. The quantitative estimate of drug-likeness (QED) is 0.566. The number of aryl methyl sites for hydroxylation is 3. The topological polar surface area (TPSA) is 66.8 Å². The molecule has 1 aromatic carbocycles. The van der Waals surface area contributed by atoms with Gasteiger partial charge in [-0.2, -0.15) is 0 Å². The van der Waals surface area contributed by atoms with Gasteiger partial charge in [-0.3, -0.25) is 4.79 Å². The molecule has 4 nitrogen and oxygen atoms in total. The molecule has 0 saturated heterocycles. The van der Waals surface area contributed by atoms with E-state index in [9.17, 15) is 9.90 Å². The van der Waals surface area contributed by atoms with Gasteiger partial charge in [-0.05, 0) is 72.3 Å². The molecule has 1 saturated carbocycles. The molecule has 0 amide bonds. The van der Waals surface area contributed by atoms with Gasteiger partial charge in [-0.15, -0.1) is 11.3 Å². The third-order valence-corrected chi connectivity index (χ3v) is 8.32. The normalized spacial score (nSPS) is 21.8. The summed E-state index contributed by atoms with van der Waals surface area (Å²) >= 11 is 8.04. The molecule has 1 heterocycles. The Labute approximate surface area is 186 Å². The fraction of sp³-hybridized carbons (Fsp3) is 0.542. The summed E-state index contributed by atoms with van der Waals surface area (Å²) in [4.78, 5) is 15.3. The minimum atomic E-state index is -0.939. The van der Waals surface area contributed by atoms with Crippen molar-refractivity contribution in [1.82, 2.24) is 0 Å². The fourth-order valence-electron chi connectivity index (χ4n) is 5.09. The number of ketones is 1. The van der Waals surface area contributed by atoms with E-state index >= 15 is 0 Å². The highest BCUT2D eigenvalue weighted by Gasteiger charge is 2.63. The van der Waals surface area contributed by atoms with Crippen LogP contribution in [0.3, 0.4) is 0 Å². The number of aliphatic hydroxyl groups excluding tert-OH is 2. The molecule has 4 rings (SSSR count). The SMILES string of the molecule is Cc1cc(CCC(=O)c2sc(C)c3c2C[C@@H]2[C@H]3C2(C)C)cc(Cl)c1OC[C@H](O)CO. The van der Waals surface area contributed by atoms with Crippen molar-refractivity contribution in [2.45, 2.75) is 59.0 Å². The number of Topliss-reactive ketones (excluding diaryl/α,β-unsaturated/α-hetero) is 1. The number of aliphatic hydroxyl groups is 2. The zero-order chi connectivity index (χ0) is 21.8. The van der Waals surface area contributed by atoms with Crippen molar-refractivity contribution in [3.8, 4) is 5.75 Å². The molecule has 162 valence electrons. The number of benzene rings is 1. The molecule has 2 aliphatic carbocycles. The van der Waals surface area contributed by atoms with Gasteiger partial charge in [0.25, 0.3) is 0 Å². The summed E-state index contributed by atoms with van der Waals surface area (Å²) < 4.78 is 5.55. The lowest BCUT2D eigenvalue weighted by molar-refractivity contribution is 0.0534. The number of hydrogen-bond donors (Lipinski definition) is 2.